The van der Waals surface area contributed by atoms with Gasteiger partial charge in [0.05, 0.1) is 24.0 Å². The van der Waals surface area contributed by atoms with E-state index in [1.807, 2.05) is 59.1 Å². The molecule has 0 spiro atoms. The number of aromatic nitrogens is 3. The van der Waals surface area contributed by atoms with E-state index in [2.05, 4.69) is 10.4 Å². The molecule has 4 heterocycles. The Morgan fingerprint density at radius 1 is 1.14 bits per heavy atom. The first-order valence-electron chi connectivity index (χ1n) is 9.04. The molecule has 5 rings (SSSR count). The number of ether oxygens (including phenoxy) is 2. The zero-order chi connectivity index (χ0) is 18.9. The number of pyridine rings is 1. The van der Waals surface area contributed by atoms with Crippen molar-refractivity contribution in [3.05, 3.63) is 78.9 Å². The van der Waals surface area contributed by atoms with Crippen LogP contribution in [0.15, 0.2) is 73.3 Å². The molecule has 3 aromatic heterocycles. The van der Waals surface area contributed by atoms with E-state index in [9.17, 15) is 4.79 Å². The highest BCUT2D eigenvalue weighted by atomic mass is 16.6. The van der Waals surface area contributed by atoms with Gasteiger partial charge in [-0.25, -0.2) is 0 Å². The first-order valence-corrected chi connectivity index (χ1v) is 9.04. The summed E-state index contributed by atoms with van der Waals surface area (Å²) in [5.74, 6) is 1.32. The van der Waals surface area contributed by atoms with Crippen molar-refractivity contribution in [1.29, 1.82) is 0 Å². The SMILES string of the molecule is O=C(Nc1cnn(CC2COc3ccccc3O2)c1)c1cc2ccccn2c1. The lowest BCUT2D eigenvalue weighted by atomic mass is 10.2. The average Bonchev–Trinajstić information content (AvgIpc) is 3.34. The molecule has 1 N–H and O–H groups in total. The predicted octanol–water partition coefficient (Wildman–Crippen LogP) is 3.23. The van der Waals surface area contributed by atoms with Crippen LogP contribution in [-0.2, 0) is 6.54 Å². The highest BCUT2D eigenvalue weighted by Crippen LogP contribution is 2.31. The first-order chi connectivity index (χ1) is 13.7. The second-order valence-corrected chi connectivity index (χ2v) is 6.66. The van der Waals surface area contributed by atoms with Gasteiger partial charge in [0.15, 0.2) is 17.6 Å². The minimum Gasteiger partial charge on any atom is -0.486 e. The summed E-state index contributed by atoms with van der Waals surface area (Å²) in [6, 6.07) is 15.3. The van der Waals surface area contributed by atoms with Crippen molar-refractivity contribution >= 4 is 17.1 Å². The second-order valence-electron chi connectivity index (χ2n) is 6.66. The molecule has 140 valence electrons. The van der Waals surface area contributed by atoms with Crippen LogP contribution in [-0.4, -0.2) is 32.8 Å². The maximum Gasteiger partial charge on any atom is 0.257 e. The zero-order valence-corrected chi connectivity index (χ0v) is 15.0. The Bertz CT molecular complexity index is 1110. The number of amides is 1. The molecule has 4 aromatic rings. The molecule has 28 heavy (non-hydrogen) atoms. The zero-order valence-electron chi connectivity index (χ0n) is 15.0. The smallest absolute Gasteiger partial charge is 0.257 e. The van der Waals surface area contributed by atoms with Gasteiger partial charge in [-0.1, -0.05) is 18.2 Å². The van der Waals surface area contributed by atoms with E-state index in [1.54, 1.807) is 23.3 Å². The molecular weight excluding hydrogens is 356 g/mol. The molecule has 0 saturated carbocycles. The van der Waals surface area contributed by atoms with Gasteiger partial charge in [0.1, 0.15) is 6.61 Å². The normalized spacial score (nSPS) is 15.5. The minimum atomic E-state index is -0.172. The molecule has 0 fully saturated rings. The van der Waals surface area contributed by atoms with Gasteiger partial charge >= 0.3 is 0 Å². The number of hydrogen-bond acceptors (Lipinski definition) is 4. The van der Waals surface area contributed by atoms with E-state index in [4.69, 9.17) is 9.47 Å². The third-order valence-corrected chi connectivity index (χ3v) is 4.62. The number of fused-ring (bicyclic) bond motifs is 2. The van der Waals surface area contributed by atoms with Crippen molar-refractivity contribution in [2.75, 3.05) is 11.9 Å². The van der Waals surface area contributed by atoms with Crippen LogP contribution in [0.25, 0.3) is 5.52 Å². The van der Waals surface area contributed by atoms with E-state index in [-0.39, 0.29) is 12.0 Å². The van der Waals surface area contributed by atoms with Crippen molar-refractivity contribution in [1.82, 2.24) is 14.2 Å². The number of rotatable bonds is 4. The number of benzene rings is 1. The quantitative estimate of drug-likeness (QED) is 0.595. The Labute approximate surface area is 161 Å². The fourth-order valence-electron chi connectivity index (χ4n) is 3.27. The Hall–Kier alpha value is -3.74. The van der Waals surface area contributed by atoms with Crippen LogP contribution in [0, 0.1) is 0 Å². The lowest BCUT2D eigenvalue weighted by Crippen LogP contribution is -2.33. The summed E-state index contributed by atoms with van der Waals surface area (Å²) < 4.78 is 15.3. The monoisotopic (exact) mass is 374 g/mol. The van der Waals surface area contributed by atoms with E-state index in [0.29, 0.717) is 24.4 Å². The molecule has 0 bridgehead atoms. The summed E-state index contributed by atoms with van der Waals surface area (Å²) in [6.45, 7) is 0.982. The molecule has 0 radical (unpaired) electrons. The standard InChI is InChI=1S/C21H18N4O3/c26-21(15-9-17-5-3-4-8-24(17)11-15)23-16-10-22-25(12-16)13-18-14-27-19-6-1-2-7-20(19)28-18/h1-12,18H,13-14H2,(H,23,26). The van der Waals surface area contributed by atoms with Gasteiger partial charge in [-0.15, -0.1) is 0 Å². The summed E-state index contributed by atoms with van der Waals surface area (Å²) in [7, 11) is 0. The van der Waals surface area contributed by atoms with Gasteiger partial charge in [-0.2, -0.15) is 5.10 Å². The number of carbonyl (C=O) groups excluding carboxylic acids is 1. The maximum absolute atomic E-state index is 12.5. The van der Waals surface area contributed by atoms with E-state index in [1.165, 1.54) is 0 Å². The van der Waals surface area contributed by atoms with E-state index < -0.39 is 0 Å². The van der Waals surface area contributed by atoms with Gasteiger partial charge in [0.2, 0.25) is 0 Å². The highest BCUT2D eigenvalue weighted by Gasteiger charge is 2.21. The lowest BCUT2D eigenvalue weighted by Gasteiger charge is -2.26. The molecule has 1 aliphatic heterocycles. The van der Waals surface area contributed by atoms with Crippen molar-refractivity contribution in [2.24, 2.45) is 0 Å². The molecule has 7 nitrogen and oxygen atoms in total. The van der Waals surface area contributed by atoms with Gasteiger partial charge < -0.3 is 19.2 Å². The molecule has 1 atom stereocenters. The Morgan fingerprint density at radius 3 is 2.89 bits per heavy atom. The van der Waals surface area contributed by atoms with Crippen LogP contribution in [0.3, 0.4) is 0 Å². The van der Waals surface area contributed by atoms with Gasteiger partial charge in [0.25, 0.3) is 5.91 Å². The highest BCUT2D eigenvalue weighted by molar-refractivity contribution is 6.05. The average molecular weight is 374 g/mol. The molecule has 1 aromatic carbocycles. The summed E-state index contributed by atoms with van der Waals surface area (Å²) in [6.07, 6.45) is 6.99. The summed E-state index contributed by atoms with van der Waals surface area (Å²) in [5, 5.41) is 7.20. The molecule has 1 aliphatic rings. The van der Waals surface area contributed by atoms with E-state index >= 15 is 0 Å². The number of anilines is 1. The van der Waals surface area contributed by atoms with Crippen molar-refractivity contribution < 1.29 is 14.3 Å². The van der Waals surface area contributed by atoms with Crippen LogP contribution >= 0.6 is 0 Å². The van der Waals surface area contributed by atoms with Crippen LogP contribution in [0.2, 0.25) is 0 Å². The predicted molar refractivity (Wildman–Crippen MR) is 104 cm³/mol. The lowest BCUT2D eigenvalue weighted by molar-refractivity contribution is 0.0759. The summed E-state index contributed by atoms with van der Waals surface area (Å²) >= 11 is 0. The van der Waals surface area contributed by atoms with Crippen LogP contribution in [0.1, 0.15) is 10.4 Å². The number of hydrogen-bond donors (Lipinski definition) is 1. The molecule has 1 amide bonds. The van der Waals surface area contributed by atoms with Crippen LogP contribution < -0.4 is 14.8 Å². The minimum absolute atomic E-state index is 0.143. The van der Waals surface area contributed by atoms with E-state index in [0.717, 1.165) is 17.0 Å². The number of nitrogens with zero attached hydrogens (tertiary/aromatic N) is 3. The second kappa shape index (κ2) is 6.77. The molecule has 7 heteroatoms. The third kappa shape index (κ3) is 3.18. The van der Waals surface area contributed by atoms with Crippen LogP contribution in [0.5, 0.6) is 11.5 Å². The number of carbonyl (C=O) groups is 1. The summed E-state index contributed by atoms with van der Waals surface area (Å²) in [4.78, 5) is 12.5. The van der Waals surface area contributed by atoms with Crippen molar-refractivity contribution in [3.8, 4) is 11.5 Å². The van der Waals surface area contributed by atoms with Crippen molar-refractivity contribution in [3.63, 3.8) is 0 Å². The Morgan fingerprint density at radius 2 is 2.00 bits per heavy atom. The maximum atomic E-state index is 12.5. The van der Waals surface area contributed by atoms with Gasteiger partial charge in [-0.05, 0) is 30.3 Å². The van der Waals surface area contributed by atoms with Gasteiger partial charge in [-0.3, -0.25) is 9.48 Å². The molecule has 1 unspecified atom stereocenters. The summed E-state index contributed by atoms with van der Waals surface area (Å²) in [5.41, 5.74) is 2.20. The van der Waals surface area contributed by atoms with Crippen molar-refractivity contribution in [2.45, 2.75) is 12.6 Å². The fraction of sp³-hybridized carbons (Fsp3) is 0.143. The van der Waals surface area contributed by atoms with Crippen LogP contribution in [0.4, 0.5) is 5.69 Å². The Balaban J connectivity index is 1.24. The number of para-hydroxylation sites is 2. The number of nitrogens with one attached hydrogen (secondary N) is 1. The first kappa shape index (κ1) is 16.4. The molecular formula is C21H18N4O3. The third-order valence-electron chi connectivity index (χ3n) is 4.62. The molecule has 0 saturated heterocycles. The topological polar surface area (TPSA) is 69.8 Å². The molecule has 0 aliphatic carbocycles. The Kier molecular flexibility index (Phi) is 3.97. The van der Waals surface area contributed by atoms with Gasteiger partial charge in [0, 0.05) is 24.1 Å². The largest absolute Gasteiger partial charge is 0.486 e. The fourth-order valence-corrected chi connectivity index (χ4v) is 3.27.